The highest BCUT2D eigenvalue weighted by Crippen LogP contribution is 2.22. The highest BCUT2D eigenvalue weighted by molar-refractivity contribution is 7.90. The first kappa shape index (κ1) is 12.7. The van der Waals surface area contributed by atoms with Crippen LogP contribution in [0, 0.1) is 0 Å². The molecule has 5 heteroatoms. The second-order valence-electron chi connectivity index (χ2n) is 3.86. The normalized spacial score (nSPS) is 19.8. The van der Waals surface area contributed by atoms with Crippen molar-refractivity contribution in [3.8, 4) is 0 Å². The van der Waals surface area contributed by atoms with Gasteiger partial charge in [0.15, 0.2) is 0 Å². The zero-order valence-electron chi connectivity index (χ0n) is 8.98. The Kier molecular flexibility index (Phi) is 5.28. The van der Waals surface area contributed by atoms with Gasteiger partial charge in [0, 0.05) is 13.1 Å². The first-order chi connectivity index (χ1) is 7.17. The van der Waals surface area contributed by atoms with E-state index in [-0.39, 0.29) is 5.25 Å². The quantitative estimate of drug-likeness (QED) is 0.687. The molecule has 1 fully saturated rings. The van der Waals surface area contributed by atoms with E-state index in [9.17, 15) is 8.42 Å². The van der Waals surface area contributed by atoms with Crippen LogP contribution in [0.2, 0.25) is 0 Å². The number of hydrogen-bond acceptors (Lipinski definition) is 3. The predicted octanol–water partition coefficient (Wildman–Crippen LogP) is 0.753. The van der Waals surface area contributed by atoms with Gasteiger partial charge in [0.05, 0.1) is 5.25 Å². The number of hydrogen-bond donors (Lipinski definition) is 2. The zero-order valence-corrected chi connectivity index (χ0v) is 9.80. The molecular formula is C10H20N2O2S. The second-order valence-corrected chi connectivity index (χ2v) is 5.91. The van der Waals surface area contributed by atoms with E-state index in [1.54, 1.807) is 12.2 Å². The molecular weight excluding hydrogens is 212 g/mol. The number of rotatable bonds is 5. The SMILES string of the molecule is NC/C=C/CNS(=O)(=O)C1CCCCC1. The Balaban J connectivity index is 2.40. The van der Waals surface area contributed by atoms with Crippen molar-refractivity contribution in [2.45, 2.75) is 37.4 Å². The monoisotopic (exact) mass is 232 g/mol. The fourth-order valence-corrected chi connectivity index (χ4v) is 3.36. The molecule has 1 aliphatic carbocycles. The average Bonchev–Trinajstić information content (AvgIpc) is 2.26. The molecule has 0 amide bonds. The van der Waals surface area contributed by atoms with Crippen LogP contribution in [0.3, 0.4) is 0 Å². The Labute approximate surface area is 92.0 Å². The molecule has 1 aliphatic rings. The minimum Gasteiger partial charge on any atom is -0.327 e. The first-order valence-corrected chi connectivity index (χ1v) is 7.05. The molecule has 0 atom stereocenters. The molecule has 0 aromatic carbocycles. The van der Waals surface area contributed by atoms with Gasteiger partial charge in [0.25, 0.3) is 0 Å². The molecule has 88 valence electrons. The Morgan fingerprint density at radius 3 is 2.47 bits per heavy atom. The predicted molar refractivity (Wildman–Crippen MR) is 62.0 cm³/mol. The van der Waals surface area contributed by atoms with E-state index >= 15 is 0 Å². The molecule has 0 saturated heterocycles. The summed E-state index contributed by atoms with van der Waals surface area (Å²) in [6, 6.07) is 0. The summed E-state index contributed by atoms with van der Waals surface area (Å²) in [5.74, 6) is 0. The highest BCUT2D eigenvalue weighted by Gasteiger charge is 2.26. The van der Waals surface area contributed by atoms with E-state index in [1.807, 2.05) is 0 Å². The molecule has 0 aromatic rings. The van der Waals surface area contributed by atoms with Crippen molar-refractivity contribution >= 4 is 10.0 Å². The van der Waals surface area contributed by atoms with Crippen LogP contribution < -0.4 is 10.5 Å². The van der Waals surface area contributed by atoms with Crippen LogP contribution in [0.1, 0.15) is 32.1 Å². The maximum Gasteiger partial charge on any atom is 0.214 e. The number of sulfonamides is 1. The van der Waals surface area contributed by atoms with Crippen molar-refractivity contribution in [3.63, 3.8) is 0 Å². The lowest BCUT2D eigenvalue weighted by atomic mass is 10.0. The topological polar surface area (TPSA) is 72.2 Å². The standard InChI is InChI=1S/C10H20N2O2S/c11-8-4-5-9-12-15(13,14)10-6-2-1-3-7-10/h4-5,10,12H,1-3,6-9,11H2/b5-4+. The van der Waals surface area contributed by atoms with Crippen LogP contribution in [0.15, 0.2) is 12.2 Å². The molecule has 0 unspecified atom stereocenters. The Morgan fingerprint density at radius 1 is 1.20 bits per heavy atom. The fourth-order valence-electron chi connectivity index (χ4n) is 1.84. The molecule has 0 radical (unpaired) electrons. The van der Waals surface area contributed by atoms with Crippen molar-refractivity contribution in [2.24, 2.45) is 5.73 Å². The number of nitrogens with one attached hydrogen (secondary N) is 1. The molecule has 4 nitrogen and oxygen atoms in total. The second kappa shape index (κ2) is 6.25. The number of nitrogens with two attached hydrogens (primary N) is 1. The largest absolute Gasteiger partial charge is 0.327 e. The summed E-state index contributed by atoms with van der Waals surface area (Å²) in [5, 5.41) is -0.183. The Hall–Kier alpha value is -0.390. The van der Waals surface area contributed by atoms with Crippen LogP contribution >= 0.6 is 0 Å². The van der Waals surface area contributed by atoms with E-state index in [4.69, 9.17) is 5.73 Å². The lowest BCUT2D eigenvalue weighted by Crippen LogP contribution is -2.35. The summed E-state index contributed by atoms with van der Waals surface area (Å²) in [6.07, 6.45) is 8.34. The van der Waals surface area contributed by atoms with Crippen LogP contribution in [0.25, 0.3) is 0 Å². The molecule has 1 rings (SSSR count). The van der Waals surface area contributed by atoms with Gasteiger partial charge in [-0.3, -0.25) is 0 Å². The van der Waals surface area contributed by atoms with E-state index in [0.29, 0.717) is 13.1 Å². The van der Waals surface area contributed by atoms with Crippen molar-refractivity contribution in [2.75, 3.05) is 13.1 Å². The summed E-state index contributed by atoms with van der Waals surface area (Å²) in [5.41, 5.74) is 5.26. The van der Waals surface area contributed by atoms with Crippen LogP contribution in [0.5, 0.6) is 0 Å². The third-order valence-electron chi connectivity index (χ3n) is 2.70. The van der Waals surface area contributed by atoms with Gasteiger partial charge in [0.1, 0.15) is 0 Å². The lowest BCUT2D eigenvalue weighted by Gasteiger charge is -2.21. The third-order valence-corrected chi connectivity index (χ3v) is 4.61. The summed E-state index contributed by atoms with van der Waals surface area (Å²) >= 11 is 0. The minimum absolute atomic E-state index is 0.183. The van der Waals surface area contributed by atoms with Crippen molar-refractivity contribution in [1.29, 1.82) is 0 Å². The van der Waals surface area contributed by atoms with Gasteiger partial charge in [-0.15, -0.1) is 0 Å². The molecule has 0 spiro atoms. The lowest BCUT2D eigenvalue weighted by molar-refractivity contribution is 0.479. The van der Waals surface area contributed by atoms with Crippen LogP contribution in [-0.4, -0.2) is 26.8 Å². The first-order valence-electron chi connectivity index (χ1n) is 5.50. The maximum absolute atomic E-state index is 11.8. The maximum atomic E-state index is 11.8. The minimum atomic E-state index is -3.11. The zero-order chi connectivity index (χ0) is 11.1. The van der Waals surface area contributed by atoms with Gasteiger partial charge < -0.3 is 5.73 Å². The summed E-state index contributed by atoms with van der Waals surface area (Å²) in [4.78, 5) is 0. The summed E-state index contributed by atoms with van der Waals surface area (Å²) in [7, 11) is -3.11. The van der Waals surface area contributed by atoms with Crippen molar-refractivity contribution in [1.82, 2.24) is 4.72 Å². The van der Waals surface area contributed by atoms with Gasteiger partial charge in [-0.2, -0.15) is 0 Å². The van der Waals surface area contributed by atoms with E-state index in [2.05, 4.69) is 4.72 Å². The van der Waals surface area contributed by atoms with E-state index in [0.717, 1.165) is 25.7 Å². The summed E-state index contributed by atoms with van der Waals surface area (Å²) < 4.78 is 26.1. The van der Waals surface area contributed by atoms with E-state index in [1.165, 1.54) is 6.42 Å². The van der Waals surface area contributed by atoms with Crippen LogP contribution in [-0.2, 0) is 10.0 Å². The average molecular weight is 232 g/mol. The van der Waals surface area contributed by atoms with Crippen LogP contribution in [0.4, 0.5) is 0 Å². The fraction of sp³-hybridized carbons (Fsp3) is 0.800. The van der Waals surface area contributed by atoms with Crippen molar-refractivity contribution in [3.05, 3.63) is 12.2 Å². The molecule has 0 heterocycles. The molecule has 3 N–H and O–H groups in total. The Bertz CT molecular complexity index is 293. The van der Waals surface area contributed by atoms with E-state index < -0.39 is 10.0 Å². The van der Waals surface area contributed by atoms with Gasteiger partial charge in [-0.25, -0.2) is 13.1 Å². The van der Waals surface area contributed by atoms with Gasteiger partial charge in [0.2, 0.25) is 10.0 Å². The van der Waals surface area contributed by atoms with Gasteiger partial charge >= 0.3 is 0 Å². The Morgan fingerprint density at radius 2 is 1.87 bits per heavy atom. The van der Waals surface area contributed by atoms with Gasteiger partial charge in [-0.05, 0) is 12.8 Å². The van der Waals surface area contributed by atoms with Crippen molar-refractivity contribution < 1.29 is 8.42 Å². The molecule has 1 saturated carbocycles. The van der Waals surface area contributed by atoms with Gasteiger partial charge in [-0.1, -0.05) is 31.4 Å². The molecule has 0 bridgehead atoms. The third kappa shape index (κ3) is 4.32. The smallest absolute Gasteiger partial charge is 0.214 e. The summed E-state index contributed by atoms with van der Waals surface area (Å²) in [6.45, 7) is 0.807. The molecule has 0 aromatic heterocycles. The molecule has 15 heavy (non-hydrogen) atoms. The molecule has 0 aliphatic heterocycles. The highest BCUT2D eigenvalue weighted by atomic mass is 32.2.